The molecule has 2 aliphatic rings. The molecule has 1 aliphatic carbocycles. The molecule has 1 aliphatic heterocycles. The van der Waals surface area contributed by atoms with E-state index in [1.165, 1.54) is 43.7 Å². The van der Waals surface area contributed by atoms with Gasteiger partial charge in [-0.3, -0.25) is 18.9 Å². The fourth-order valence-electron chi connectivity index (χ4n) is 5.52. The van der Waals surface area contributed by atoms with Crippen LogP contribution < -0.4 is 15.3 Å². The van der Waals surface area contributed by atoms with Crippen molar-refractivity contribution in [1.29, 1.82) is 5.26 Å². The molecule has 0 bridgehead atoms. The maximum absolute atomic E-state index is 14.7. The molecule has 0 amide bonds. The predicted molar refractivity (Wildman–Crippen MR) is 177 cm³/mol. The van der Waals surface area contributed by atoms with Crippen LogP contribution in [0.2, 0.25) is 0 Å². The third kappa shape index (κ3) is 7.15. The minimum atomic E-state index is -4.75. The first-order chi connectivity index (χ1) is 23.9. The Morgan fingerprint density at radius 3 is 2.37 bits per heavy atom. The molecule has 2 aromatic heterocycles. The molecule has 3 aromatic rings. The number of carbonyl (C=O) groups is 3. The number of benzene rings is 1. The van der Waals surface area contributed by atoms with Crippen LogP contribution in [0, 0.1) is 23.2 Å². The van der Waals surface area contributed by atoms with Crippen molar-refractivity contribution in [2.24, 2.45) is 11.8 Å². The first-order valence-corrected chi connectivity index (χ1v) is 17.7. The van der Waals surface area contributed by atoms with Crippen LogP contribution in [-0.2, 0) is 42.4 Å². The maximum atomic E-state index is 14.7. The van der Waals surface area contributed by atoms with Crippen molar-refractivity contribution in [1.82, 2.24) is 19.7 Å². The van der Waals surface area contributed by atoms with E-state index >= 15 is 0 Å². The van der Waals surface area contributed by atoms with Crippen LogP contribution in [-0.4, -0.2) is 79.3 Å². The van der Waals surface area contributed by atoms with Gasteiger partial charge in [-0.05, 0) is 45.0 Å². The third-order valence-corrected chi connectivity index (χ3v) is 9.82. The molecule has 3 heterocycles. The number of hydrogen-bond donors (Lipinski definition) is 3. The summed E-state index contributed by atoms with van der Waals surface area (Å²) in [6.45, 7) is 10.1. The van der Waals surface area contributed by atoms with Gasteiger partial charge in [0.1, 0.15) is 42.4 Å². The number of para-hydroxylation sites is 1. The van der Waals surface area contributed by atoms with E-state index in [9.17, 15) is 29.3 Å². The number of carbonyl (C=O) groups excluding carboxylic acids is 3. The summed E-state index contributed by atoms with van der Waals surface area (Å²) in [7, 11) is -4.75. The molecule has 51 heavy (non-hydrogen) atoms. The van der Waals surface area contributed by atoms with Crippen LogP contribution in [0.1, 0.15) is 60.3 Å². The molecular weight excluding hydrogens is 687 g/mol. The number of nitrogen functional groups attached to an aromatic ring is 1. The molecule has 18 heteroatoms. The SMILES string of the molecule is CC(C)C(=O)O[C@H]1[C@H](c2ccc3c(N)ncnn23)O[C@]2(C#N)C(OP(=O)(N[C@@H](C)C(=O)OCC(C)(C)O)Oc3ccccc3)[C@]12OC(=O)C(C)C. The van der Waals surface area contributed by atoms with Gasteiger partial charge in [-0.2, -0.15) is 15.4 Å². The molecule has 17 nitrogen and oxygen atoms in total. The fraction of sp³-hybridized carbons (Fsp3) is 0.515. The summed E-state index contributed by atoms with van der Waals surface area (Å²) >= 11 is 0. The highest BCUT2D eigenvalue weighted by molar-refractivity contribution is 7.52. The Hall–Kier alpha value is -4.59. The van der Waals surface area contributed by atoms with Crippen molar-refractivity contribution < 1.29 is 52.1 Å². The van der Waals surface area contributed by atoms with E-state index < -0.39 is 78.6 Å². The predicted octanol–water partition coefficient (Wildman–Crippen LogP) is 3.03. The van der Waals surface area contributed by atoms with E-state index in [4.69, 9.17) is 33.7 Å². The molecule has 4 N–H and O–H groups in total. The Labute approximate surface area is 293 Å². The van der Waals surface area contributed by atoms with Gasteiger partial charge in [0.15, 0.2) is 18.0 Å². The number of anilines is 1. The largest absolute Gasteiger partial charge is 0.461 e. The van der Waals surface area contributed by atoms with Crippen molar-refractivity contribution in [2.75, 3.05) is 12.3 Å². The fourth-order valence-corrected chi connectivity index (χ4v) is 7.24. The lowest BCUT2D eigenvalue weighted by Gasteiger charge is -2.30. The Balaban J connectivity index is 1.60. The summed E-state index contributed by atoms with van der Waals surface area (Å²) in [5.41, 5.74) is 0.921. The maximum Gasteiger partial charge on any atom is 0.460 e. The number of nitrogens with two attached hydrogens (primary N) is 1. The van der Waals surface area contributed by atoms with E-state index in [0.29, 0.717) is 5.52 Å². The normalized spacial score (nSPS) is 25.8. The van der Waals surface area contributed by atoms with Gasteiger partial charge in [0, 0.05) is 0 Å². The summed E-state index contributed by atoms with van der Waals surface area (Å²) in [6, 6.07) is 11.7. The lowest BCUT2D eigenvalue weighted by atomic mass is 10.0. The summed E-state index contributed by atoms with van der Waals surface area (Å²) in [5, 5.41) is 27.6. The molecule has 1 saturated carbocycles. The Bertz CT molecular complexity index is 1890. The molecule has 274 valence electrons. The summed E-state index contributed by atoms with van der Waals surface area (Å²) in [4.78, 5) is 43.6. The second-order valence-corrected chi connectivity index (χ2v) is 15.3. The van der Waals surface area contributed by atoms with Gasteiger partial charge in [0.25, 0.3) is 0 Å². The third-order valence-electron chi connectivity index (χ3n) is 8.18. The average molecular weight is 729 g/mol. The van der Waals surface area contributed by atoms with Crippen LogP contribution in [0.5, 0.6) is 5.75 Å². The zero-order valence-corrected chi connectivity index (χ0v) is 30.0. The summed E-state index contributed by atoms with van der Waals surface area (Å²) in [6.07, 6.45) is -3.35. The van der Waals surface area contributed by atoms with E-state index in [2.05, 4.69) is 15.2 Å². The number of fused-ring (bicyclic) bond motifs is 2. The summed E-state index contributed by atoms with van der Waals surface area (Å²) < 4.78 is 51.6. The van der Waals surface area contributed by atoms with Crippen LogP contribution in [0.4, 0.5) is 5.82 Å². The van der Waals surface area contributed by atoms with Crippen molar-refractivity contribution in [3.8, 4) is 11.8 Å². The first-order valence-electron chi connectivity index (χ1n) is 16.2. The molecule has 7 atom stereocenters. The van der Waals surface area contributed by atoms with Crippen LogP contribution in [0.3, 0.4) is 0 Å². The summed E-state index contributed by atoms with van der Waals surface area (Å²) in [5.74, 6) is -3.68. The van der Waals surface area contributed by atoms with Gasteiger partial charge < -0.3 is 34.3 Å². The number of esters is 3. The minimum absolute atomic E-state index is 0.0499. The Morgan fingerprint density at radius 2 is 1.76 bits per heavy atom. The molecule has 2 unspecified atom stereocenters. The van der Waals surface area contributed by atoms with E-state index in [1.807, 2.05) is 6.07 Å². The average Bonchev–Trinajstić information content (AvgIpc) is 3.31. The van der Waals surface area contributed by atoms with Crippen LogP contribution >= 0.6 is 7.75 Å². The van der Waals surface area contributed by atoms with E-state index in [0.717, 1.165) is 0 Å². The van der Waals surface area contributed by atoms with Gasteiger partial charge in [-0.15, -0.1) is 0 Å². The standard InChI is InChI=1S/C33H41N6O11P/c1-18(2)27(40)46-25-24(22-13-14-23-26(35)36-17-37-39(22)23)47-32(15-34)30(33(25,32)48-28(41)19(3)4)50-51(44,49-21-11-9-8-10-12-21)38-20(5)29(42)45-16-31(6,7)43/h8-14,17-20,24-25,30,43H,16H2,1-7H3,(H,38,44)(H2,35,36,37)/t20-,24-,25-,30?,32+,33+,51?/m0/s1. The molecule has 5 rings (SSSR count). The number of nitrogens with one attached hydrogen (secondary N) is 1. The van der Waals surface area contributed by atoms with Gasteiger partial charge in [0.2, 0.25) is 11.2 Å². The van der Waals surface area contributed by atoms with Crippen molar-refractivity contribution >= 4 is 37.0 Å². The lowest BCUT2D eigenvalue weighted by Crippen LogP contribution is -2.45. The topological polar surface area (TPSA) is 236 Å². The molecule has 2 fully saturated rings. The molecule has 0 radical (unpaired) electrons. The first kappa shape index (κ1) is 37.7. The zero-order valence-electron chi connectivity index (χ0n) is 29.1. The Morgan fingerprint density at radius 1 is 1.10 bits per heavy atom. The van der Waals surface area contributed by atoms with Crippen LogP contribution in [0.25, 0.3) is 5.52 Å². The Kier molecular flexibility index (Phi) is 10.2. The molecule has 1 aromatic carbocycles. The number of rotatable bonds is 14. The van der Waals surface area contributed by atoms with Gasteiger partial charge in [-0.1, -0.05) is 45.9 Å². The second kappa shape index (κ2) is 13.9. The monoisotopic (exact) mass is 728 g/mol. The van der Waals surface area contributed by atoms with Gasteiger partial charge in [-0.25, -0.2) is 14.1 Å². The number of hydrogen-bond acceptors (Lipinski definition) is 15. The minimum Gasteiger partial charge on any atom is -0.461 e. The molecule has 0 spiro atoms. The van der Waals surface area contributed by atoms with E-state index in [1.54, 1.807) is 58.0 Å². The molecular formula is C33H41N6O11P. The smallest absolute Gasteiger partial charge is 0.460 e. The van der Waals surface area contributed by atoms with Crippen molar-refractivity contribution in [2.45, 2.75) is 89.6 Å². The number of nitrogens with zero attached hydrogens (tertiary/aromatic N) is 4. The molecule has 1 saturated heterocycles. The highest BCUT2D eigenvalue weighted by Crippen LogP contribution is 2.71. The lowest BCUT2D eigenvalue weighted by molar-refractivity contribution is -0.181. The second-order valence-electron chi connectivity index (χ2n) is 13.6. The highest BCUT2D eigenvalue weighted by Gasteiger charge is 2.95. The van der Waals surface area contributed by atoms with Gasteiger partial charge >= 0.3 is 25.7 Å². The van der Waals surface area contributed by atoms with Crippen LogP contribution in [0.15, 0.2) is 48.8 Å². The number of aliphatic hydroxyl groups is 1. The highest BCUT2D eigenvalue weighted by atomic mass is 31.2. The quantitative estimate of drug-likeness (QED) is 0.123. The van der Waals surface area contributed by atoms with Crippen molar-refractivity contribution in [3.63, 3.8) is 0 Å². The number of nitriles is 1. The number of aromatic nitrogens is 3. The van der Waals surface area contributed by atoms with Gasteiger partial charge in [0.05, 0.1) is 23.1 Å². The van der Waals surface area contributed by atoms with Crippen molar-refractivity contribution in [3.05, 3.63) is 54.5 Å². The van der Waals surface area contributed by atoms with E-state index in [-0.39, 0.29) is 23.9 Å². The number of ether oxygens (including phenoxy) is 4. The zero-order chi connectivity index (χ0) is 37.5.